The van der Waals surface area contributed by atoms with Gasteiger partial charge in [-0.25, -0.2) is 14.6 Å². The van der Waals surface area contributed by atoms with Crippen LogP contribution in [-0.2, 0) is 9.47 Å². The first kappa shape index (κ1) is 19.2. The molecular weight excluding hydrogens is 378 g/mol. The van der Waals surface area contributed by atoms with Crippen LogP contribution in [-0.4, -0.2) is 59.3 Å². The summed E-state index contributed by atoms with van der Waals surface area (Å²) in [7, 11) is 0. The minimum absolute atomic E-state index is 0.324. The zero-order chi connectivity index (χ0) is 20.3. The third kappa shape index (κ3) is 4.08. The Morgan fingerprint density at radius 2 is 1.67 bits per heavy atom. The van der Waals surface area contributed by atoms with E-state index in [1.807, 2.05) is 23.0 Å². The molecule has 0 N–H and O–H groups in total. The molecule has 7 heteroatoms. The highest BCUT2D eigenvalue weighted by Crippen LogP contribution is 2.28. The molecule has 0 aliphatic carbocycles. The van der Waals surface area contributed by atoms with E-state index >= 15 is 0 Å². The van der Waals surface area contributed by atoms with Crippen LogP contribution in [0.5, 0.6) is 0 Å². The quantitative estimate of drug-likeness (QED) is 0.663. The third-order valence-corrected chi connectivity index (χ3v) is 5.78. The van der Waals surface area contributed by atoms with E-state index in [1.54, 1.807) is 0 Å². The Morgan fingerprint density at radius 1 is 0.900 bits per heavy atom. The fraction of sp³-hybridized carbons (Fsp3) is 0.435. The average Bonchev–Trinajstić information content (AvgIpc) is 3.31. The Kier molecular flexibility index (Phi) is 5.46. The van der Waals surface area contributed by atoms with Gasteiger partial charge in [0.05, 0.1) is 18.9 Å². The number of nitrogens with zero attached hydrogens (tertiary/aromatic N) is 5. The van der Waals surface area contributed by atoms with E-state index in [9.17, 15) is 0 Å². The van der Waals surface area contributed by atoms with E-state index in [1.165, 1.54) is 5.56 Å². The lowest BCUT2D eigenvalue weighted by Gasteiger charge is -2.29. The van der Waals surface area contributed by atoms with Crippen LogP contribution in [0.4, 0.5) is 5.82 Å². The SMILES string of the molecule is Cc1cccc(-c2ccn(-c3cc(N4CCOCC4)nc(C4CCOCC4)n3)n2)c1. The van der Waals surface area contributed by atoms with E-state index in [4.69, 9.17) is 24.5 Å². The molecule has 0 unspecified atom stereocenters. The van der Waals surface area contributed by atoms with Gasteiger partial charge >= 0.3 is 0 Å². The molecule has 0 saturated carbocycles. The number of aromatic nitrogens is 4. The largest absolute Gasteiger partial charge is 0.381 e. The molecule has 1 aromatic carbocycles. The first-order chi connectivity index (χ1) is 14.8. The number of anilines is 1. The average molecular weight is 406 g/mol. The van der Waals surface area contributed by atoms with Gasteiger partial charge in [0.2, 0.25) is 0 Å². The lowest BCUT2D eigenvalue weighted by Crippen LogP contribution is -2.37. The standard InChI is InChI=1S/C23H27N5O2/c1-17-3-2-4-19(15-17)20-5-8-28(26-20)22-16-21(27-9-13-30-14-10-27)24-23(25-22)18-6-11-29-12-7-18/h2-5,8,15-16,18H,6-7,9-14H2,1H3. The molecule has 0 spiro atoms. The number of rotatable bonds is 4. The van der Waals surface area contributed by atoms with Gasteiger partial charge in [0.1, 0.15) is 11.6 Å². The van der Waals surface area contributed by atoms with Crippen LogP contribution in [0.2, 0.25) is 0 Å². The molecule has 2 saturated heterocycles. The third-order valence-electron chi connectivity index (χ3n) is 5.78. The molecule has 4 heterocycles. The molecule has 2 aliphatic heterocycles. The van der Waals surface area contributed by atoms with Gasteiger partial charge in [-0.15, -0.1) is 0 Å². The number of morpholine rings is 1. The van der Waals surface area contributed by atoms with Crippen LogP contribution in [0.25, 0.3) is 17.1 Å². The van der Waals surface area contributed by atoms with Crippen molar-refractivity contribution in [3.05, 3.63) is 54.0 Å². The summed E-state index contributed by atoms with van der Waals surface area (Å²) in [5.41, 5.74) is 3.28. The summed E-state index contributed by atoms with van der Waals surface area (Å²) < 4.78 is 12.9. The van der Waals surface area contributed by atoms with Gasteiger partial charge in [-0.3, -0.25) is 0 Å². The Bertz CT molecular complexity index is 970. The Labute approximate surface area is 176 Å². The summed E-state index contributed by atoms with van der Waals surface area (Å²) >= 11 is 0. The van der Waals surface area contributed by atoms with Crippen LogP contribution >= 0.6 is 0 Å². The smallest absolute Gasteiger partial charge is 0.159 e. The number of aryl methyl sites for hydroxylation is 1. The van der Waals surface area contributed by atoms with Gasteiger partial charge in [-0.05, 0) is 31.9 Å². The van der Waals surface area contributed by atoms with E-state index < -0.39 is 0 Å². The predicted octanol–water partition coefficient (Wildman–Crippen LogP) is 3.37. The van der Waals surface area contributed by atoms with Crippen LogP contribution in [0.1, 0.15) is 30.1 Å². The summed E-state index contributed by atoms with van der Waals surface area (Å²) in [6, 6.07) is 12.5. The van der Waals surface area contributed by atoms with Crippen molar-refractivity contribution in [3.63, 3.8) is 0 Å². The summed E-state index contributed by atoms with van der Waals surface area (Å²) in [4.78, 5) is 12.1. The maximum atomic E-state index is 5.54. The molecular formula is C23H27N5O2. The molecule has 7 nitrogen and oxygen atoms in total. The van der Waals surface area contributed by atoms with Gasteiger partial charge in [0, 0.05) is 50.0 Å². The molecule has 0 amide bonds. The van der Waals surface area contributed by atoms with Crippen molar-refractivity contribution >= 4 is 5.82 Å². The molecule has 2 aliphatic rings. The second-order valence-corrected chi connectivity index (χ2v) is 7.94. The van der Waals surface area contributed by atoms with Gasteiger partial charge in [-0.2, -0.15) is 5.10 Å². The zero-order valence-corrected chi connectivity index (χ0v) is 17.3. The van der Waals surface area contributed by atoms with Crippen molar-refractivity contribution in [2.75, 3.05) is 44.4 Å². The minimum atomic E-state index is 0.324. The van der Waals surface area contributed by atoms with Gasteiger partial charge in [0.15, 0.2) is 5.82 Å². The maximum absolute atomic E-state index is 5.54. The number of benzene rings is 1. The van der Waals surface area contributed by atoms with Crippen molar-refractivity contribution in [1.82, 2.24) is 19.7 Å². The second-order valence-electron chi connectivity index (χ2n) is 7.94. The molecule has 0 atom stereocenters. The van der Waals surface area contributed by atoms with Crippen molar-refractivity contribution in [3.8, 4) is 17.1 Å². The molecule has 156 valence electrons. The van der Waals surface area contributed by atoms with Crippen molar-refractivity contribution in [2.24, 2.45) is 0 Å². The number of hydrogen-bond acceptors (Lipinski definition) is 6. The van der Waals surface area contributed by atoms with Crippen molar-refractivity contribution in [2.45, 2.75) is 25.7 Å². The maximum Gasteiger partial charge on any atom is 0.159 e. The topological polar surface area (TPSA) is 65.3 Å². The van der Waals surface area contributed by atoms with Gasteiger partial charge in [-0.1, -0.05) is 23.8 Å². The zero-order valence-electron chi connectivity index (χ0n) is 17.3. The monoisotopic (exact) mass is 405 g/mol. The molecule has 2 fully saturated rings. The minimum Gasteiger partial charge on any atom is -0.381 e. The highest BCUT2D eigenvalue weighted by molar-refractivity contribution is 5.60. The molecule has 0 bridgehead atoms. The lowest BCUT2D eigenvalue weighted by atomic mass is 9.99. The van der Waals surface area contributed by atoms with E-state index in [0.717, 1.165) is 81.1 Å². The highest BCUT2D eigenvalue weighted by atomic mass is 16.5. The predicted molar refractivity (Wildman–Crippen MR) is 115 cm³/mol. The highest BCUT2D eigenvalue weighted by Gasteiger charge is 2.23. The Balaban J connectivity index is 1.51. The Hall–Kier alpha value is -2.77. The van der Waals surface area contributed by atoms with Crippen molar-refractivity contribution < 1.29 is 9.47 Å². The lowest BCUT2D eigenvalue weighted by molar-refractivity contribution is 0.0835. The first-order valence-electron chi connectivity index (χ1n) is 10.7. The number of hydrogen-bond donors (Lipinski definition) is 0. The summed E-state index contributed by atoms with van der Waals surface area (Å²) in [6.07, 6.45) is 3.90. The molecule has 0 radical (unpaired) electrons. The fourth-order valence-electron chi connectivity index (χ4n) is 4.06. The van der Waals surface area contributed by atoms with E-state index in [-0.39, 0.29) is 0 Å². The van der Waals surface area contributed by atoms with Crippen LogP contribution in [0.15, 0.2) is 42.6 Å². The molecule has 5 rings (SSSR count). The van der Waals surface area contributed by atoms with Crippen LogP contribution in [0, 0.1) is 6.92 Å². The van der Waals surface area contributed by atoms with E-state index in [2.05, 4.69) is 36.1 Å². The summed E-state index contributed by atoms with van der Waals surface area (Å²) in [5.74, 6) is 2.99. The summed E-state index contributed by atoms with van der Waals surface area (Å²) in [5, 5.41) is 4.82. The van der Waals surface area contributed by atoms with E-state index in [0.29, 0.717) is 5.92 Å². The molecule has 30 heavy (non-hydrogen) atoms. The normalized spacial score (nSPS) is 18.0. The molecule has 2 aromatic heterocycles. The summed E-state index contributed by atoms with van der Waals surface area (Å²) in [6.45, 7) is 6.78. The first-order valence-corrected chi connectivity index (χ1v) is 10.7. The van der Waals surface area contributed by atoms with Crippen LogP contribution < -0.4 is 4.90 Å². The van der Waals surface area contributed by atoms with Gasteiger partial charge in [0.25, 0.3) is 0 Å². The van der Waals surface area contributed by atoms with Crippen molar-refractivity contribution in [1.29, 1.82) is 0 Å². The molecule has 3 aromatic rings. The number of ether oxygens (including phenoxy) is 2. The fourth-order valence-corrected chi connectivity index (χ4v) is 4.06. The van der Waals surface area contributed by atoms with Gasteiger partial charge < -0.3 is 14.4 Å². The van der Waals surface area contributed by atoms with Crippen LogP contribution in [0.3, 0.4) is 0 Å². The second kappa shape index (κ2) is 8.53. The Morgan fingerprint density at radius 3 is 2.47 bits per heavy atom.